The Labute approximate surface area is 77.2 Å². The number of carbonyl (C=O) groups is 1. The van der Waals surface area contributed by atoms with Crippen LogP contribution in [0.2, 0.25) is 0 Å². The molecule has 0 aliphatic carbocycles. The molecule has 0 radical (unpaired) electrons. The van der Waals surface area contributed by atoms with Crippen molar-refractivity contribution in [2.45, 2.75) is 19.9 Å². The van der Waals surface area contributed by atoms with Crippen LogP contribution in [0.15, 0.2) is 18.2 Å². The number of aryl methyl sites for hydroxylation is 1. The van der Waals surface area contributed by atoms with Crippen molar-refractivity contribution in [3.8, 4) is 0 Å². The largest absolute Gasteiger partial charge is 0.478 e. The fraction of sp³-hybridized carbons (Fsp3) is 0.300. The first-order valence-corrected chi connectivity index (χ1v) is 4.11. The van der Waals surface area contributed by atoms with E-state index in [9.17, 15) is 4.79 Å². The van der Waals surface area contributed by atoms with Gasteiger partial charge in [-0.25, -0.2) is 4.79 Å². The summed E-state index contributed by atoms with van der Waals surface area (Å²) in [4.78, 5) is 10.7. The second kappa shape index (κ2) is 3.58. The van der Waals surface area contributed by atoms with Gasteiger partial charge in [-0.05, 0) is 37.1 Å². The molecule has 1 atom stereocenters. The summed E-state index contributed by atoms with van der Waals surface area (Å²) in [5.74, 6) is -0.911. The lowest BCUT2D eigenvalue weighted by Crippen LogP contribution is -2.07. The molecule has 1 rings (SSSR count). The maximum atomic E-state index is 10.7. The van der Waals surface area contributed by atoms with E-state index in [1.165, 1.54) is 0 Å². The van der Waals surface area contributed by atoms with Gasteiger partial charge in [0.05, 0.1) is 5.56 Å². The first-order valence-electron chi connectivity index (χ1n) is 4.11. The molecule has 1 aromatic rings. The summed E-state index contributed by atoms with van der Waals surface area (Å²) in [6.45, 7) is 3.69. The van der Waals surface area contributed by atoms with Gasteiger partial charge < -0.3 is 10.8 Å². The number of rotatable bonds is 2. The van der Waals surface area contributed by atoms with E-state index in [0.717, 1.165) is 11.1 Å². The quantitative estimate of drug-likeness (QED) is 0.726. The highest BCUT2D eigenvalue weighted by molar-refractivity contribution is 5.88. The Balaban J connectivity index is 3.19. The predicted octanol–water partition coefficient (Wildman–Crippen LogP) is 1.71. The van der Waals surface area contributed by atoms with Crippen molar-refractivity contribution >= 4 is 5.97 Å². The molecule has 0 aromatic heterocycles. The smallest absolute Gasteiger partial charge is 0.335 e. The minimum absolute atomic E-state index is 0.127. The highest BCUT2D eigenvalue weighted by Gasteiger charge is 2.07. The fourth-order valence-electron chi connectivity index (χ4n) is 1.20. The van der Waals surface area contributed by atoms with Crippen LogP contribution >= 0.6 is 0 Å². The number of carboxylic acid groups (broad SMARTS) is 1. The van der Waals surface area contributed by atoms with Crippen LogP contribution in [0.3, 0.4) is 0 Å². The molecule has 0 amide bonds. The zero-order valence-electron chi connectivity index (χ0n) is 7.74. The number of hydrogen-bond donors (Lipinski definition) is 2. The molecule has 13 heavy (non-hydrogen) atoms. The topological polar surface area (TPSA) is 63.3 Å². The lowest BCUT2D eigenvalue weighted by atomic mass is 10.0. The average molecular weight is 179 g/mol. The Kier molecular flexibility index (Phi) is 2.68. The summed E-state index contributed by atoms with van der Waals surface area (Å²) < 4.78 is 0. The van der Waals surface area contributed by atoms with Gasteiger partial charge in [-0.1, -0.05) is 6.07 Å². The predicted molar refractivity (Wildman–Crippen MR) is 50.7 cm³/mol. The van der Waals surface area contributed by atoms with E-state index < -0.39 is 5.97 Å². The van der Waals surface area contributed by atoms with E-state index in [1.54, 1.807) is 12.1 Å². The van der Waals surface area contributed by atoms with Gasteiger partial charge >= 0.3 is 5.97 Å². The second-order valence-electron chi connectivity index (χ2n) is 3.23. The highest BCUT2D eigenvalue weighted by Crippen LogP contribution is 2.14. The molecule has 3 heteroatoms. The van der Waals surface area contributed by atoms with Crippen molar-refractivity contribution in [3.05, 3.63) is 34.9 Å². The molecule has 70 valence electrons. The van der Waals surface area contributed by atoms with Gasteiger partial charge in [-0.3, -0.25) is 0 Å². The molecule has 0 heterocycles. The molecule has 3 nitrogen and oxygen atoms in total. The summed E-state index contributed by atoms with van der Waals surface area (Å²) in [6.07, 6.45) is 0. The van der Waals surface area contributed by atoms with Crippen LogP contribution in [-0.4, -0.2) is 11.1 Å². The SMILES string of the molecule is Cc1cc(C(=O)O)cc(C(C)N)c1. The maximum absolute atomic E-state index is 10.7. The van der Waals surface area contributed by atoms with Gasteiger partial charge in [0.25, 0.3) is 0 Å². The van der Waals surface area contributed by atoms with Crippen LogP contribution in [0.25, 0.3) is 0 Å². The Morgan fingerprint density at radius 3 is 2.54 bits per heavy atom. The molecule has 3 N–H and O–H groups in total. The van der Waals surface area contributed by atoms with Crippen LogP contribution in [-0.2, 0) is 0 Å². The first kappa shape index (κ1) is 9.74. The van der Waals surface area contributed by atoms with Crippen LogP contribution in [0.5, 0.6) is 0 Å². The number of nitrogens with two attached hydrogens (primary N) is 1. The van der Waals surface area contributed by atoms with Crippen molar-refractivity contribution in [3.63, 3.8) is 0 Å². The minimum Gasteiger partial charge on any atom is -0.478 e. The van der Waals surface area contributed by atoms with E-state index in [1.807, 2.05) is 19.9 Å². The summed E-state index contributed by atoms with van der Waals surface area (Å²) >= 11 is 0. The maximum Gasteiger partial charge on any atom is 0.335 e. The zero-order valence-corrected chi connectivity index (χ0v) is 7.74. The number of carboxylic acids is 1. The monoisotopic (exact) mass is 179 g/mol. The van der Waals surface area contributed by atoms with Crippen LogP contribution in [0.1, 0.15) is 34.5 Å². The molecule has 0 aliphatic heterocycles. The molecular formula is C10H13NO2. The van der Waals surface area contributed by atoms with Crippen molar-refractivity contribution in [2.24, 2.45) is 5.73 Å². The Hall–Kier alpha value is -1.35. The molecule has 0 bridgehead atoms. The number of hydrogen-bond acceptors (Lipinski definition) is 2. The lowest BCUT2D eigenvalue weighted by Gasteiger charge is -2.07. The molecule has 0 spiro atoms. The van der Waals surface area contributed by atoms with Gasteiger partial charge in [0, 0.05) is 6.04 Å². The third-order valence-corrected chi connectivity index (χ3v) is 1.87. The Morgan fingerprint density at radius 2 is 2.08 bits per heavy atom. The van der Waals surface area contributed by atoms with E-state index >= 15 is 0 Å². The molecule has 1 unspecified atom stereocenters. The van der Waals surface area contributed by atoms with Crippen molar-refractivity contribution in [1.82, 2.24) is 0 Å². The normalized spacial score (nSPS) is 12.5. The highest BCUT2D eigenvalue weighted by atomic mass is 16.4. The number of benzene rings is 1. The second-order valence-corrected chi connectivity index (χ2v) is 3.23. The fourth-order valence-corrected chi connectivity index (χ4v) is 1.20. The molecular weight excluding hydrogens is 166 g/mol. The van der Waals surface area contributed by atoms with Gasteiger partial charge in [-0.2, -0.15) is 0 Å². The molecule has 0 saturated heterocycles. The molecule has 0 aliphatic rings. The molecule has 1 aromatic carbocycles. The summed E-state index contributed by atoms with van der Waals surface area (Å²) in [6, 6.07) is 5.02. The Morgan fingerprint density at radius 1 is 1.46 bits per heavy atom. The van der Waals surface area contributed by atoms with E-state index in [0.29, 0.717) is 5.56 Å². The van der Waals surface area contributed by atoms with Crippen LogP contribution in [0.4, 0.5) is 0 Å². The minimum atomic E-state index is -0.911. The first-order chi connectivity index (χ1) is 6.00. The standard InChI is InChI=1S/C10H13NO2/c1-6-3-8(7(2)11)5-9(4-6)10(12)13/h3-5,7H,11H2,1-2H3,(H,12,13). The molecule has 0 fully saturated rings. The van der Waals surface area contributed by atoms with Gasteiger partial charge in [0.1, 0.15) is 0 Å². The van der Waals surface area contributed by atoms with Crippen LogP contribution < -0.4 is 5.73 Å². The van der Waals surface area contributed by atoms with Crippen LogP contribution in [0, 0.1) is 6.92 Å². The van der Waals surface area contributed by atoms with E-state index in [4.69, 9.17) is 10.8 Å². The zero-order chi connectivity index (χ0) is 10.0. The van der Waals surface area contributed by atoms with E-state index in [-0.39, 0.29) is 6.04 Å². The van der Waals surface area contributed by atoms with Crippen molar-refractivity contribution in [1.29, 1.82) is 0 Å². The lowest BCUT2D eigenvalue weighted by molar-refractivity contribution is 0.0696. The van der Waals surface area contributed by atoms with Crippen molar-refractivity contribution < 1.29 is 9.90 Å². The van der Waals surface area contributed by atoms with Gasteiger partial charge in [0.15, 0.2) is 0 Å². The third-order valence-electron chi connectivity index (χ3n) is 1.87. The third kappa shape index (κ3) is 2.29. The van der Waals surface area contributed by atoms with E-state index in [2.05, 4.69) is 0 Å². The van der Waals surface area contributed by atoms with Gasteiger partial charge in [0.2, 0.25) is 0 Å². The average Bonchev–Trinajstić information content (AvgIpc) is 2.03. The summed E-state index contributed by atoms with van der Waals surface area (Å²) in [5, 5.41) is 8.77. The summed E-state index contributed by atoms with van der Waals surface area (Å²) in [5.41, 5.74) is 7.74. The summed E-state index contributed by atoms with van der Waals surface area (Å²) in [7, 11) is 0. The number of aromatic carboxylic acids is 1. The van der Waals surface area contributed by atoms with Crippen molar-refractivity contribution in [2.75, 3.05) is 0 Å². The van der Waals surface area contributed by atoms with Gasteiger partial charge in [-0.15, -0.1) is 0 Å². The molecule has 0 saturated carbocycles. The Bertz CT molecular complexity index is 332.